The van der Waals surface area contributed by atoms with Gasteiger partial charge in [0.2, 0.25) is 11.8 Å². The summed E-state index contributed by atoms with van der Waals surface area (Å²) in [6.45, 7) is 4.11. The van der Waals surface area contributed by atoms with Gasteiger partial charge in [-0.3, -0.25) is 4.98 Å². The molecule has 6 rings (SSSR count). The van der Waals surface area contributed by atoms with E-state index in [0.717, 1.165) is 30.5 Å². The van der Waals surface area contributed by atoms with Crippen LogP contribution in [0.15, 0.2) is 59.3 Å². The Kier molecular flexibility index (Phi) is 7.55. The highest BCUT2D eigenvalue weighted by molar-refractivity contribution is 6.27. The van der Waals surface area contributed by atoms with Gasteiger partial charge < -0.3 is 19.5 Å². The number of hydrogen-bond donors (Lipinski definition) is 2. The zero-order chi connectivity index (χ0) is 24.8. The fourth-order valence-electron chi connectivity index (χ4n) is 5.37. The van der Waals surface area contributed by atoms with Crippen molar-refractivity contribution in [2.24, 2.45) is 5.92 Å². The number of aryl methyl sites for hydroxylation is 1. The number of carbonyl (C=O) groups is 2. The highest BCUT2D eigenvalue weighted by Gasteiger charge is 2.43. The molecule has 35 heavy (non-hydrogen) atoms. The molecule has 3 fully saturated rings. The summed E-state index contributed by atoms with van der Waals surface area (Å²) in [5, 5.41) is 23.5. The summed E-state index contributed by atoms with van der Waals surface area (Å²) < 4.78 is 6.09. The number of fused-ring (bicyclic) bond motifs is 3. The van der Waals surface area contributed by atoms with Crippen LogP contribution in [0, 0.1) is 12.8 Å². The molecule has 3 aromatic rings. The molecule has 3 aliphatic rings. The molecule has 9 heteroatoms. The standard InChI is InChI=1S/C24H28N4O.C2H2O4/c1-18-26-27-23(29-18)24(20-6-3-2-4-7-20,21-8-5-14-25-16-21)13-15-28-17-19-9-11-22(28)12-10-19;3-1(4)2(5)6/h2-8,14,16,19,22H,9-13,15,17H2,1H3;(H,3,4)(H,5,6). The molecule has 1 atom stereocenters. The smallest absolute Gasteiger partial charge is 0.414 e. The molecule has 2 N–H and O–H groups in total. The molecule has 184 valence electrons. The van der Waals surface area contributed by atoms with Crippen LogP contribution in [0.3, 0.4) is 0 Å². The number of benzene rings is 1. The Morgan fingerprint density at radius 2 is 1.69 bits per heavy atom. The fourth-order valence-corrected chi connectivity index (χ4v) is 5.37. The number of rotatable bonds is 6. The zero-order valence-electron chi connectivity index (χ0n) is 19.7. The van der Waals surface area contributed by atoms with Crippen molar-refractivity contribution in [2.45, 2.75) is 50.5 Å². The van der Waals surface area contributed by atoms with Crippen molar-refractivity contribution < 1.29 is 24.2 Å². The van der Waals surface area contributed by atoms with Crippen molar-refractivity contribution in [3.63, 3.8) is 0 Å². The minimum Gasteiger partial charge on any atom is -0.473 e. The summed E-state index contributed by atoms with van der Waals surface area (Å²) in [7, 11) is 0. The quantitative estimate of drug-likeness (QED) is 0.511. The van der Waals surface area contributed by atoms with Crippen molar-refractivity contribution in [3.05, 3.63) is 77.8 Å². The van der Waals surface area contributed by atoms with E-state index < -0.39 is 17.4 Å². The Balaban J connectivity index is 0.000000431. The van der Waals surface area contributed by atoms with Crippen molar-refractivity contribution >= 4 is 11.9 Å². The maximum absolute atomic E-state index is 9.10. The van der Waals surface area contributed by atoms with Gasteiger partial charge in [0.15, 0.2) is 0 Å². The predicted octanol–water partition coefficient (Wildman–Crippen LogP) is 3.53. The Hall–Kier alpha value is -3.59. The van der Waals surface area contributed by atoms with Crippen LogP contribution in [0.2, 0.25) is 0 Å². The van der Waals surface area contributed by atoms with E-state index in [4.69, 9.17) is 24.2 Å². The van der Waals surface area contributed by atoms with Crippen molar-refractivity contribution in [1.29, 1.82) is 0 Å². The molecule has 2 saturated heterocycles. The van der Waals surface area contributed by atoms with Gasteiger partial charge in [0.05, 0.1) is 0 Å². The number of aliphatic carboxylic acids is 2. The SMILES string of the molecule is Cc1nnc(C(CCN2CC3CCC2CC3)(c2ccccc2)c2cccnc2)o1.O=C(O)C(=O)O. The van der Waals surface area contributed by atoms with Crippen LogP contribution in [-0.4, -0.2) is 61.4 Å². The summed E-state index contributed by atoms with van der Waals surface area (Å²) in [6, 6.07) is 15.5. The lowest BCUT2D eigenvalue weighted by atomic mass is 9.71. The minimum absolute atomic E-state index is 0.493. The first-order valence-electron chi connectivity index (χ1n) is 11.9. The number of carboxylic acids is 2. The highest BCUT2D eigenvalue weighted by atomic mass is 16.4. The topological polar surface area (TPSA) is 130 Å². The first-order chi connectivity index (χ1) is 16.9. The van der Waals surface area contributed by atoms with Gasteiger partial charge in [-0.15, -0.1) is 10.2 Å². The molecule has 9 nitrogen and oxygen atoms in total. The third-order valence-electron chi connectivity index (χ3n) is 7.09. The monoisotopic (exact) mass is 478 g/mol. The van der Waals surface area contributed by atoms with Crippen molar-refractivity contribution in [1.82, 2.24) is 20.1 Å². The molecule has 1 saturated carbocycles. The van der Waals surface area contributed by atoms with Crippen LogP contribution in [0.1, 0.15) is 55.0 Å². The van der Waals surface area contributed by atoms with Crippen LogP contribution in [0.25, 0.3) is 0 Å². The van der Waals surface area contributed by atoms with E-state index in [9.17, 15) is 0 Å². The second kappa shape index (κ2) is 10.8. The van der Waals surface area contributed by atoms with Gasteiger partial charge in [-0.05, 0) is 55.2 Å². The van der Waals surface area contributed by atoms with E-state index in [1.54, 1.807) is 0 Å². The molecule has 1 unspecified atom stereocenters. The normalized spacial score (nSPS) is 20.9. The summed E-state index contributed by atoms with van der Waals surface area (Å²) in [5.74, 6) is -1.52. The highest BCUT2D eigenvalue weighted by Crippen LogP contribution is 2.43. The predicted molar refractivity (Wildman–Crippen MR) is 127 cm³/mol. The third kappa shape index (κ3) is 5.40. The average Bonchev–Trinajstić information content (AvgIpc) is 3.33. The van der Waals surface area contributed by atoms with E-state index in [2.05, 4.69) is 56.5 Å². The number of hydrogen-bond acceptors (Lipinski definition) is 7. The lowest BCUT2D eigenvalue weighted by molar-refractivity contribution is -0.159. The first-order valence-corrected chi connectivity index (χ1v) is 11.9. The molecular weight excluding hydrogens is 448 g/mol. The van der Waals surface area contributed by atoms with E-state index in [0.29, 0.717) is 11.8 Å². The molecule has 1 aliphatic carbocycles. The minimum atomic E-state index is -1.82. The number of aromatic nitrogens is 3. The first kappa shape index (κ1) is 24.5. The van der Waals surface area contributed by atoms with Gasteiger partial charge in [-0.25, -0.2) is 9.59 Å². The summed E-state index contributed by atoms with van der Waals surface area (Å²) in [4.78, 5) is 25.3. The largest absolute Gasteiger partial charge is 0.473 e. The summed E-state index contributed by atoms with van der Waals surface area (Å²) >= 11 is 0. The van der Waals surface area contributed by atoms with Gasteiger partial charge in [-0.2, -0.15) is 0 Å². The van der Waals surface area contributed by atoms with Gasteiger partial charge in [0.1, 0.15) is 5.41 Å². The molecule has 0 radical (unpaired) electrons. The summed E-state index contributed by atoms with van der Waals surface area (Å²) in [6.07, 6.45) is 10.2. The second-order valence-corrected chi connectivity index (χ2v) is 9.17. The van der Waals surface area contributed by atoms with E-state index in [1.165, 1.54) is 37.8 Å². The zero-order valence-corrected chi connectivity index (χ0v) is 19.7. The van der Waals surface area contributed by atoms with Crippen molar-refractivity contribution in [3.8, 4) is 0 Å². The number of carboxylic acid groups (broad SMARTS) is 2. The van der Waals surface area contributed by atoms with Gasteiger partial charge in [0, 0.05) is 38.4 Å². The average molecular weight is 479 g/mol. The Labute approximate surface area is 203 Å². The second-order valence-electron chi connectivity index (χ2n) is 9.17. The molecule has 2 bridgehead atoms. The van der Waals surface area contributed by atoms with Crippen LogP contribution in [0.5, 0.6) is 0 Å². The summed E-state index contributed by atoms with van der Waals surface area (Å²) in [5.41, 5.74) is 1.80. The third-order valence-corrected chi connectivity index (χ3v) is 7.09. The van der Waals surface area contributed by atoms with Crippen LogP contribution in [0.4, 0.5) is 0 Å². The van der Waals surface area contributed by atoms with Crippen molar-refractivity contribution in [2.75, 3.05) is 13.1 Å². The van der Waals surface area contributed by atoms with E-state index >= 15 is 0 Å². The maximum atomic E-state index is 9.10. The lowest BCUT2D eigenvalue weighted by Gasteiger charge is -2.46. The molecular formula is C26H30N4O5. The van der Waals surface area contributed by atoms with Crippen LogP contribution >= 0.6 is 0 Å². The van der Waals surface area contributed by atoms with Gasteiger partial charge in [-0.1, -0.05) is 36.4 Å². The molecule has 2 aromatic heterocycles. The Morgan fingerprint density at radius 3 is 2.20 bits per heavy atom. The van der Waals surface area contributed by atoms with Crippen LogP contribution < -0.4 is 0 Å². The van der Waals surface area contributed by atoms with E-state index in [-0.39, 0.29) is 0 Å². The Bertz CT molecular complexity index is 1080. The molecule has 0 spiro atoms. The molecule has 1 aromatic carbocycles. The van der Waals surface area contributed by atoms with Crippen LogP contribution in [-0.2, 0) is 15.0 Å². The number of pyridine rings is 1. The maximum Gasteiger partial charge on any atom is 0.414 e. The lowest BCUT2D eigenvalue weighted by Crippen LogP contribution is -2.49. The number of piperidine rings is 2. The molecule has 2 aliphatic heterocycles. The Morgan fingerprint density at radius 1 is 1.00 bits per heavy atom. The molecule has 0 amide bonds. The number of nitrogens with zero attached hydrogens (tertiary/aromatic N) is 4. The molecule has 4 heterocycles. The van der Waals surface area contributed by atoms with E-state index in [1.807, 2.05) is 25.4 Å². The van der Waals surface area contributed by atoms with Gasteiger partial charge >= 0.3 is 11.9 Å². The fraction of sp³-hybridized carbons (Fsp3) is 0.423. The van der Waals surface area contributed by atoms with Gasteiger partial charge in [0.25, 0.3) is 0 Å².